The van der Waals surface area contributed by atoms with Crippen molar-refractivity contribution in [2.45, 2.75) is 58.7 Å². The fourth-order valence-electron chi connectivity index (χ4n) is 4.57. The first-order chi connectivity index (χ1) is 14.9. The average molecular weight is 429 g/mol. The van der Waals surface area contributed by atoms with Crippen LogP contribution in [0.5, 0.6) is 0 Å². The standard InChI is InChI=1S/C23H29FN4O3/c1-3-28-15-18(16(2)25-28)14-27-9-7-23(8-10-27,22(29)30)13-20-12-21(26-31-20)17-5-4-6-19(24)11-17/h4-6,11,15,20H,3,7-10,12-14H2,1-2H3,(H,29,30)/t20-/m1/s1. The van der Waals surface area contributed by atoms with Gasteiger partial charge in [0.2, 0.25) is 0 Å². The third-order valence-corrected chi connectivity index (χ3v) is 6.54. The molecule has 0 bridgehead atoms. The first-order valence-corrected chi connectivity index (χ1v) is 10.9. The van der Waals surface area contributed by atoms with Crippen LogP contribution in [0, 0.1) is 18.2 Å². The molecule has 2 aromatic rings. The first-order valence-electron chi connectivity index (χ1n) is 10.9. The summed E-state index contributed by atoms with van der Waals surface area (Å²) in [5, 5.41) is 18.7. The summed E-state index contributed by atoms with van der Waals surface area (Å²) in [5.41, 5.74) is 2.75. The number of rotatable bonds is 7. The van der Waals surface area contributed by atoms with E-state index in [2.05, 4.69) is 28.3 Å². The van der Waals surface area contributed by atoms with E-state index in [-0.39, 0.29) is 11.9 Å². The van der Waals surface area contributed by atoms with Gasteiger partial charge in [0.1, 0.15) is 11.9 Å². The summed E-state index contributed by atoms with van der Waals surface area (Å²) in [7, 11) is 0. The zero-order chi connectivity index (χ0) is 22.0. The van der Waals surface area contributed by atoms with E-state index in [1.165, 1.54) is 17.7 Å². The molecule has 0 radical (unpaired) electrons. The Balaban J connectivity index is 1.36. The summed E-state index contributed by atoms with van der Waals surface area (Å²) in [6.45, 7) is 7.13. The molecule has 1 fully saturated rings. The van der Waals surface area contributed by atoms with Gasteiger partial charge in [-0.2, -0.15) is 5.10 Å². The molecule has 1 saturated heterocycles. The summed E-state index contributed by atoms with van der Waals surface area (Å²) in [5.74, 6) is -1.09. The lowest BCUT2D eigenvalue weighted by Crippen LogP contribution is -2.45. The van der Waals surface area contributed by atoms with Gasteiger partial charge in [-0.05, 0) is 51.9 Å². The smallest absolute Gasteiger partial charge is 0.309 e. The molecule has 4 rings (SSSR count). The number of hydrogen-bond donors (Lipinski definition) is 1. The molecule has 1 N–H and O–H groups in total. The van der Waals surface area contributed by atoms with Crippen molar-refractivity contribution < 1.29 is 19.1 Å². The van der Waals surface area contributed by atoms with Gasteiger partial charge in [0, 0.05) is 43.3 Å². The number of likely N-dealkylation sites (tertiary alicyclic amines) is 1. The van der Waals surface area contributed by atoms with Crippen LogP contribution in [0.15, 0.2) is 35.6 Å². The molecule has 0 unspecified atom stereocenters. The normalized spacial score (nSPS) is 21.0. The second-order valence-electron chi connectivity index (χ2n) is 8.64. The first kappa shape index (κ1) is 21.5. The number of halogens is 1. The van der Waals surface area contributed by atoms with E-state index in [0.717, 1.165) is 18.8 Å². The predicted octanol–water partition coefficient (Wildman–Crippen LogP) is 3.60. The number of nitrogens with zero attached hydrogens (tertiary/aromatic N) is 4. The van der Waals surface area contributed by atoms with Crippen molar-refractivity contribution in [2.75, 3.05) is 13.1 Å². The van der Waals surface area contributed by atoms with Gasteiger partial charge in [-0.1, -0.05) is 17.3 Å². The van der Waals surface area contributed by atoms with Crippen LogP contribution in [-0.2, 0) is 22.7 Å². The maximum Gasteiger partial charge on any atom is 0.309 e. The number of aromatic nitrogens is 2. The van der Waals surface area contributed by atoms with Crippen LogP contribution >= 0.6 is 0 Å². The molecule has 0 saturated carbocycles. The van der Waals surface area contributed by atoms with Crippen LogP contribution in [0.2, 0.25) is 0 Å². The van der Waals surface area contributed by atoms with Crippen molar-refractivity contribution in [1.82, 2.24) is 14.7 Å². The van der Waals surface area contributed by atoms with E-state index < -0.39 is 11.4 Å². The van der Waals surface area contributed by atoms with Gasteiger partial charge >= 0.3 is 5.97 Å². The van der Waals surface area contributed by atoms with Crippen molar-refractivity contribution >= 4 is 11.7 Å². The van der Waals surface area contributed by atoms with Crippen LogP contribution in [0.1, 0.15) is 49.4 Å². The highest BCUT2D eigenvalue weighted by Gasteiger charge is 2.45. The summed E-state index contributed by atoms with van der Waals surface area (Å²) in [6, 6.07) is 6.25. The number of hydrogen-bond acceptors (Lipinski definition) is 5. The van der Waals surface area contributed by atoms with Crippen LogP contribution in [0.3, 0.4) is 0 Å². The van der Waals surface area contributed by atoms with Crippen LogP contribution in [-0.4, -0.2) is 50.7 Å². The molecule has 0 amide bonds. The third-order valence-electron chi connectivity index (χ3n) is 6.54. The van der Waals surface area contributed by atoms with Gasteiger partial charge in [-0.25, -0.2) is 4.39 Å². The van der Waals surface area contributed by atoms with E-state index in [0.29, 0.717) is 50.0 Å². The number of aliphatic carboxylic acids is 1. The fraction of sp³-hybridized carbons (Fsp3) is 0.522. The molecule has 2 aliphatic rings. The Bertz CT molecular complexity index is 979. The van der Waals surface area contributed by atoms with Crippen molar-refractivity contribution in [1.29, 1.82) is 0 Å². The molecule has 3 heterocycles. The highest BCUT2D eigenvalue weighted by atomic mass is 19.1. The zero-order valence-corrected chi connectivity index (χ0v) is 18.1. The van der Waals surface area contributed by atoms with Gasteiger partial charge in [0.05, 0.1) is 16.8 Å². The lowest BCUT2D eigenvalue weighted by molar-refractivity contribution is -0.155. The number of benzene rings is 1. The molecule has 0 spiro atoms. The molecule has 0 aliphatic carbocycles. The second kappa shape index (κ2) is 8.78. The number of carbonyl (C=O) groups is 1. The molecule has 8 heteroatoms. The molecule has 31 heavy (non-hydrogen) atoms. The molecule has 166 valence electrons. The third kappa shape index (κ3) is 4.63. The van der Waals surface area contributed by atoms with Gasteiger partial charge in [0.25, 0.3) is 0 Å². The SMILES string of the molecule is CCn1cc(CN2CCC(C[C@H]3CC(c4cccc(F)c4)=NO3)(C(=O)O)CC2)c(C)n1. The largest absolute Gasteiger partial charge is 0.481 e. The minimum Gasteiger partial charge on any atom is -0.481 e. The topological polar surface area (TPSA) is 80.0 Å². The highest BCUT2D eigenvalue weighted by Crippen LogP contribution is 2.39. The van der Waals surface area contributed by atoms with Crippen molar-refractivity contribution in [3.8, 4) is 0 Å². The summed E-state index contributed by atoms with van der Waals surface area (Å²) in [6.07, 6.45) is 3.82. The minimum absolute atomic E-state index is 0.300. The van der Waals surface area contributed by atoms with Crippen molar-refractivity contribution in [3.63, 3.8) is 0 Å². The maximum atomic E-state index is 13.5. The molecule has 1 atom stereocenters. The van der Waals surface area contributed by atoms with E-state index in [1.54, 1.807) is 12.1 Å². The lowest BCUT2D eigenvalue weighted by atomic mass is 9.73. The van der Waals surface area contributed by atoms with Gasteiger partial charge in [-0.3, -0.25) is 14.4 Å². The van der Waals surface area contributed by atoms with Gasteiger partial charge in [-0.15, -0.1) is 0 Å². The molecule has 1 aromatic heterocycles. The van der Waals surface area contributed by atoms with E-state index in [4.69, 9.17) is 4.84 Å². The Hall–Kier alpha value is -2.74. The molecule has 2 aliphatic heterocycles. The number of carboxylic acid groups (broad SMARTS) is 1. The number of oxime groups is 1. The van der Waals surface area contributed by atoms with E-state index >= 15 is 0 Å². The molecular formula is C23H29FN4O3. The Morgan fingerprint density at radius 2 is 2.13 bits per heavy atom. The van der Waals surface area contributed by atoms with Crippen LogP contribution in [0.4, 0.5) is 4.39 Å². The zero-order valence-electron chi connectivity index (χ0n) is 18.1. The fourth-order valence-corrected chi connectivity index (χ4v) is 4.57. The summed E-state index contributed by atoms with van der Waals surface area (Å²) < 4.78 is 15.4. The van der Waals surface area contributed by atoms with Crippen molar-refractivity contribution in [2.24, 2.45) is 10.6 Å². The van der Waals surface area contributed by atoms with Crippen molar-refractivity contribution in [3.05, 3.63) is 53.1 Å². The van der Waals surface area contributed by atoms with E-state index in [9.17, 15) is 14.3 Å². The van der Waals surface area contributed by atoms with Crippen LogP contribution < -0.4 is 0 Å². The molecule has 1 aromatic carbocycles. The lowest BCUT2D eigenvalue weighted by Gasteiger charge is -2.39. The molecule has 7 nitrogen and oxygen atoms in total. The Labute approximate surface area is 181 Å². The molecular weight excluding hydrogens is 399 g/mol. The Morgan fingerprint density at radius 1 is 1.35 bits per heavy atom. The Morgan fingerprint density at radius 3 is 2.77 bits per heavy atom. The highest BCUT2D eigenvalue weighted by molar-refractivity contribution is 6.01. The quantitative estimate of drug-likeness (QED) is 0.729. The van der Waals surface area contributed by atoms with E-state index in [1.807, 2.05) is 11.6 Å². The second-order valence-corrected chi connectivity index (χ2v) is 8.64. The van der Waals surface area contributed by atoms with Gasteiger partial charge in [0.15, 0.2) is 0 Å². The monoisotopic (exact) mass is 428 g/mol. The average Bonchev–Trinajstić information content (AvgIpc) is 3.36. The summed E-state index contributed by atoms with van der Waals surface area (Å²) >= 11 is 0. The maximum absolute atomic E-state index is 13.5. The number of aryl methyl sites for hydroxylation is 2. The predicted molar refractivity (Wildman–Crippen MR) is 114 cm³/mol. The van der Waals surface area contributed by atoms with Gasteiger partial charge < -0.3 is 9.94 Å². The van der Waals surface area contributed by atoms with Crippen LogP contribution in [0.25, 0.3) is 0 Å². The number of piperidine rings is 1. The number of carboxylic acids is 1. The minimum atomic E-state index is -0.823. The summed E-state index contributed by atoms with van der Waals surface area (Å²) in [4.78, 5) is 20.1. The Kier molecular flexibility index (Phi) is 6.09.